The maximum Gasteiger partial charge on any atom is 0.158 e. The number of methoxy groups -OCH3 is 1. The highest BCUT2D eigenvalue weighted by molar-refractivity contribution is 7.19. The van der Waals surface area contributed by atoms with Crippen molar-refractivity contribution in [3.8, 4) is 11.8 Å². The van der Waals surface area contributed by atoms with E-state index < -0.39 is 0 Å². The van der Waals surface area contributed by atoms with Crippen molar-refractivity contribution in [2.24, 2.45) is 32.3 Å². The zero-order valence-corrected chi connectivity index (χ0v) is 30.7. The van der Waals surface area contributed by atoms with Crippen molar-refractivity contribution in [1.29, 1.82) is 5.26 Å². The Morgan fingerprint density at radius 3 is 2.00 bits per heavy atom. The molecule has 0 aliphatic rings. The van der Waals surface area contributed by atoms with Crippen molar-refractivity contribution >= 4 is 38.4 Å². The fourth-order valence-electron chi connectivity index (χ4n) is 5.80. The van der Waals surface area contributed by atoms with Crippen LogP contribution in [0.15, 0.2) is 62.9 Å². The van der Waals surface area contributed by atoms with E-state index in [4.69, 9.17) is 4.74 Å². The van der Waals surface area contributed by atoms with Gasteiger partial charge in [-0.1, -0.05) is 103 Å². The zero-order chi connectivity index (χ0) is 34.0. The number of hydrogen-bond donors (Lipinski definition) is 0. The summed E-state index contributed by atoms with van der Waals surface area (Å²) in [6.07, 6.45) is 13.2. The molecule has 3 rings (SSSR count). The van der Waals surface area contributed by atoms with Gasteiger partial charge in [0.15, 0.2) is 5.00 Å². The highest BCUT2D eigenvalue weighted by Crippen LogP contribution is 2.41. The summed E-state index contributed by atoms with van der Waals surface area (Å²) in [6.45, 7) is 15.5. The predicted molar refractivity (Wildman–Crippen MR) is 199 cm³/mol. The molecule has 0 saturated heterocycles. The zero-order valence-electron chi connectivity index (χ0n) is 29.9. The Labute approximate surface area is 288 Å². The molecule has 47 heavy (non-hydrogen) atoms. The maximum atomic E-state index is 9.80. The van der Waals surface area contributed by atoms with Crippen molar-refractivity contribution < 1.29 is 4.74 Å². The number of unbranched alkanes of at least 4 members (excludes halogenated alkanes) is 3. The van der Waals surface area contributed by atoms with Crippen molar-refractivity contribution in [2.45, 2.75) is 112 Å². The highest BCUT2D eigenvalue weighted by atomic mass is 32.1. The van der Waals surface area contributed by atoms with Crippen LogP contribution in [0.5, 0.6) is 5.75 Å². The SMILES string of the molecule is CCCCc1ccc(N=Nc2cc(C#N)c(N=Nc3cc(OC)c(N(CC(CC)CCCC)CC(CC)CCCC)cc3C)s2)cc1. The minimum atomic E-state index is 0.436. The first-order valence-electron chi connectivity index (χ1n) is 17.8. The first-order chi connectivity index (χ1) is 22.9. The number of benzene rings is 2. The van der Waals surface area contributed by atoms with Gasteiger partial charge in [0, 0.05) is 19.2 Å². The Balaban J connectivity index is 1.86. The number of thiophene rings is 1. The van der Waals surface area contributed by atoms with Gasteiger partial charge in [-0.15, -0.1) is 20.5 Å². The lowest BCUT2D eigenvalue weighted by atomic mass is 9.95. The van der Waals surface area contributed by atoms with Gasteiger partial charge in [-0.05, 0) is 79.8 Å². The van der Waals surface area contributed by atoms with E-state index in [0.29, 0.717) is 27.4 Å². The van der Waals surface area contributed by atoms with Gasteiger partial charge in [-0.2, -0.15) is 5.26 Å². The Bertz CT molecular complexity index is 1440. The molecule has 0 fully saturated rings. The second-order valence-corrected chi connectivity index (χ2v) is 13.6. The van der Waals surface area contributed by atoms with E-state index in [1.165, 1.54) is 81.1 Å². The van der Waals surface area contributed by atoms with Gasteiger partial charge >= 0.3 is 0 Å². The Morgan fingerprint density at radius 1 is 0.809 bits per heavy atom. The fourth-order valence-corrected chi connectivity index (χ4v) is 6.55. The number of aryl methyl sites for hydroxylation is 2. The summed E-state index contributed by atoms with van der Waals surface area (Å²) in [7, 11) is 1.74. The van der Waals surface area contributed by atoms with Gasteiger partial charge < -0.3 is 9.64 Å². The van der Waals surface area contributed by atoms with Crippen molar-refractivity contribution in [1.82, 2.24) is 0 Å². The third-order valence-corrected chi connectivity index (χ3v) is 9.87. The number of ether oxygens (including phenoxy) is 1. The van der Waals surface area contributed by atoms with E-state index in [0.717, 1.165) is 47.9 Å². The lowest BCUT2D eigenvalue weighted by Gasteiger charge is -2.33. The summed E-state index contributed by atoms with van der Waals surface area (Å²) in [5.74, 6) is 2.09. The highest BCUT2D eigenvalue weighted by Gasteiger charge is 2.21. The lowest BCUT2D eigenvalue weighted by molar-refractivity contribution is 0.390. The monoisotopic (exact) mass is 656 g/mol. The van der Waals surface area contributed by atoms with Crippen LogP contribution in [0.3, 0.4) is 0 Å². The summed E-state index contributed by atoms with van der Waals surface area (Å²) in [6, 6.07) is 16.3. The van der Waals surface area contributed by atoms with Crippen LogP contribution in [-0.2, 0) is 6.42 Å². The lowest BCUT2D eigenvalue weighted by Crippen LogP contribution is -2.34. The average Bonchev–Trinajstić information content (AvgIpc) is 3.50. The summed E-state index contributed by atoms with van der Waals surface area (Å²) in [4.78, 5) is 2.57. The van der Waals surface area contributed by atoms with E-state index in [9.17, 15) is 5.26 Å². The van der Waals surface area contributed by atoms with E-state index in [2.05, 4.69) is 91.2 Å². The molecule has 0 radical (unpaired) electrons. The van der Waals surface area contributed by atoms with Crippen LogP contribution in [0.25, 0.3) is 0 Å². The van der Waals surface area contributed by atoms with Crippen LogP contribution in [0.4, 0.5) is 27.1 Å². The minimum absolute atomic E-state index is 0.436. The average molecular weight is 657 g/mol. The van der Waals surface area contributed by atoms with Gasteiger partial charge in [0.05, 0.1) is 29.7 Å². The van der Waals surface area contributed by atoms with Crippen LogP contribution in [0.1, 0.15) is 116 Å². The molecular weight excluding hydrogens is 601 g/mol. The molecular formula is C39H56N6OS. The number of nitrogens with zero attached hydrogens (tertiary/aromatic N) is 6. The van der Waals surface area contributed by atoms with E-state index in [1.807, 2.05) is 18.2 Å². The molecule has 0 aliphatic heterocycles. The molecule has 1 aromatic heterocycles. The molecule has 0 aliphatic carbocycles. The molecule has 0 N–H and O–H groups in total. The Kier molecular flexibility index (Phi) is 16.6. The topological polar surface area (TPSA) is 85.7 Å². The summed E-state index contributed by atoms with van der Waals surface area (Å²) >= 11 is 1.31. The van der Waals surface area contributed by atoms with Crippen molar-refractivity contribution in [3.05, 3.63) is 59.2 Å². The van der Waals surface area contributed by atoms with E-state index in [1.54, 1.807) is 13.2 Å². The Morgan fingerprint density at radius 2 is 1.45 bits per heavy atom. The molecule has 254 valence electrons. The Hall–Kier alpha value is -3.57. The first-order valence-corrected chi connectivity index (χ1v) is 18.6. The second-order valence-electron chi connectivity index (χ2n) is 12.6. The number of anilines is 1. The quantitative estimate of drug-likeness (QED) is 0.107. The molecule has 0 amide bonds. The van der Waals surface area contributed by atoms with Crippen molar-refractivity contribution in [3.63, 3.8) is 0 Å². The van der Waals surface area contributed by atoms with Crippen LogP contribution in [-0.4, -0.2) is 20.2 Å². The summed E-state index contributed by atoms with van der Waals surface area (Å²) in [5.41, 5.74) is 5.40. The third kappa shape index (κ3) is 11.9. The molecule has 2 aromatic carbocycles. The number of nitriles is 1. The van der Waals surface area contributed by atoms with Crippen LogP contribution in [0.2, 0.25) is 0 Å². The molecule has 3 aromatic rings. The van der Waals surface area contributed by atoms with Gasteiger partial charge in [0.2, 0.25) is 0 Å². The standard InChI is InChI=1S/C39H56N6OS/c1-8-13-16-30(11-4)27-45(28-31(12-5)17-14-9-2)36-23-29(6)35(25-37(36)46-7)42-44-39-33(26-40)24-38(47-39)43-41-34-21-19-32(20-22-34)18-15-10-3/h19-25,30-31H,8-18,27-28H2,1-7H3. The first kappa shape index (κ1) is 37.9. The maximum absolute atomic E-state index is 9.80. The largest absolute Gasteiger partial charge is 0.495 e. The minimum Gasteiger partial charge on any atom is -0.495 e. The summed E-state index contributed by atoms with van der Waals surface area (Å²) in [5, 5.41) is 28.8. The molecule has 1 heterocycles. The van der Waals surface area contributed by atoms with E-state index in [-0.39, 0.29) is 0 Å². The molecule has 0 spiro atoms. The molecule has 8 heteroatoms. The van der Waals surface area contributed by atoms with Gasteiger partial charge in [0.25, 0.3) is 0 Å². The van der Waals surface area contributed by atoms with E-state index >= 15 is 0 Å². The molecule has 7 nitrogen and oxygen atoms in total. The second kappa shape index (κ2) is 20.6. The number of azo groups is 2. The van der Waals surface area contributed by atoms with Gasteiger partial charge in [0.1, 0.15) is 16.8 Å². The number of rotatable bonds is 21. The van der Waals surface area contributed by atoms with Gasteiger partial charge in [-0.3, -0.25) is 0 Å². The summed E-state index contributed by atoms with van der Waals surface area (Å²) < 4.78 is 6.00. The molecule has 2 atom stereocenters. The number of hydrogen-bond acceptors (Lipinski definition) is 8. The third-order valence-electron chi connectivity index (χ3n) is 8.97. The predicted octanol–water partition coefficient (Wildman–Crippen LogP) is 13.3. The fraction of sp³-hybridized carbons (Fsp3) is 0.564. The van der Waals surface area contributed by atoms with Crippen LogP contribution < -0.4 is 9.64 Å². The normalized spacial score (nSPS) is 12.9. The van der Waals surface area contributed by atoms with Crippen LogP contribution >= 0.6 is 11.3 Å². The van der Waals surface area contributed by atoms with Crippen LogP contribution in [0, 0.1) is 30.1 Å². The smallest absolute Gasteiger partial charge is 0.158 e. The molecule has 2 unspecified atom stereocenters. The van der Waals surface area contributed by atoms with Crippen molar-refractivity contribution in [2.75, 3.05) is 25.1 Å². The van der Waals surface area contributed by atoms with Gasteiger partial charge in [-0.25, -0.2) is 0 Å². The molecule has 0 saturated carbocycles. The molecule has 0 bridgehead atoms.